The van der Waals surface area contributed by atoms with Gasteiger partial charge >= 0.3 is 12.1 Å². The summed E-state index contributed by atoms with van der Waals surface area (Å²) in [6.45, 7) is 5.23. The van der Waals surface area contributed by atoms with Gasteiger partial charge in [-0.05, 0) is 36.7 Å². The molecule has 0 saturated carbocycles. The summed E-state index contributed by atoms with van der Waals surface area (Å²) in [7, 11) is 1.24. The van der Waals surface area contributed by atoms with Crippen LogP contribution in [0.3, 0.4) is 0 Å². The number of halogens is 1. The van der Waals surface area contributed by atoms with E-state index in [0.29, 0.717) is 15.8 Å². The summed E-state index contributed by atoms with van der Waals surface area (Å²) in [6.07, 6.45) is -0.666. The molecule has 0 unspecified atom stereocenters. The van der Waals surface area contributed by atoms with E-state index < -0.39 is 17.7 Å². The summed E-state index contributed by atoms with van der Waals surface area (Å²) in [5, 5.41) is 0. The van der Waals surface area contributed by atoms with E-state index in [1.165, 1.54) is 13.2 Å². The van der Waals surface area contributed by atoms with Crippen LogP contribution in [0.2, 0.25) is 0 Å². The van der Waals surface area contributed by atoms with E-state index in [1.807, 2.05) is 0 Å². The van der Waals surface area contributed by atoms with Crippen molar-refractivity contribution in [2.24, 2.45) is 0 Å². The van der Waals surface area contributed by atoms with E-state index >= 15 is 0 Å². The second kappa shape index (κ2) is 4.97. The molecular weight excluding hydrogens is 330 g/mol. The zero-order chi connectivity index (χ0) is 15.1. The average Bonchev–Trinajstić information content (AvgIpc) is 2.80. The molecule has 108 valence electrons. The second-order valence-electron chi connectivity index (χ2n) is 5.14. The third-order valence-electron chi connectivity index (χ3n) is 2.43. The maximum Gasteiger partial charge on any atom is 0.419 e. The monoisotopic (exact) mass is 343 g/mol. The van der Waals surface area contributed by atoms with Crippen LogP contribution in [0.15, 0.2) is 21.2 Å². The van der Waals surface area contributed by atoms with Crippen molar-refractivity contribution >= 4 is 39.1 Å². The Bertz CT molecular complexity index is 677. The molecule has 2 aromatic rings. The van der Waals surface area contributed by atoms with Gasteiger partial charge in [0.05, 0.1) is 12.6 Å². The lowest BCUT2D eigenvalue weighted by Crippen LogP contribution is -2.28. The maximum absolute atomic E-state index is 12.3. The van der Waals surface area contributed by atoms with Crippen molar-refractivity contribution in [3.8, 4) is 0 Å². The van der Waals surface area contributed by atoms with Crippen LogP contribution in [0.4, 0.5) is 4.79 Å². The Balaban J connectivity index is 2.57. The number of methoxy groups -OCH3 is 1. The normalized spacial score (nSPS) is 11.7. The summed E-state index contributed by atoms with van der Waals surface area (Å²) < 4.78 is 16.9. The van der Waals surface area contributed by atoms with Gasteiger partial charge in [0.2, 0.25) is 0 Å². The van der Waals surface area contributed by atoms with Gasteiger partial charge in [0.1, 0.15) is 11.3 Å². The molecule has 2 rings (SSSR count). The van der Waals surface area contributed by atoms with Crippen molar-refractivity contribution < 1.29 is 23.5 Å². The number of ether oxygens (including phenoxy) is 2. The zero-order valence-electron chi connectivity index (χ0n) is 11.5. The molecule has 0 bridgehead atoms. The standard InChI is InChI=1S/C13H14BrNO5/c1-13(2,3)20-12(17)15-7-6-10(14)19-9(7)5-8(15)11(16)18-4/h5-6H,1-4H3. The predicted octanol–water partition coefficient (Wildman–Crippen LogP) is 3.57. The molecule has 7 heteroatoms. The Morgan fingerprint density at radius 3 is 2.50 bits per heavy atom. The summed E-state index contributed by atoms with van der Waals surface area (Å²) in [5.74, 6) is -0.640. The highest BCUT2D eigenvalue weighted by molar-refractivity contribution is 9.10. The fraction of sp³-hybridized carbons (Fsp3) is 0.385. The van der Waals surface area contributed by atoms with E-state index in [9.17, 15) is 9.59 Å². The Labute approximate surface area is 123 Å². The number of aromatic nitrogens is 1. The van der Waals surface area contributed by atoms with Crippen LogP contribution >= 0.6 is 15.9 Å². The lowest BCUT2D eigenvalue weighted by molar-refractivity contribution is 0.0490. The third-order valence-corrected chi connectivity index (χ3v) is 2.82. The first-order chi connectivity index (χ1) is 9.23. The highest BCUT2D eigenvalue weighted by atomic mass is 79.9. The Morgan fingerprint density at radius 2 is 1.95 bits per heavy atom. The lowest BCUT2D eigenvalue weighted by Gasteiger charge is -2.20. The molecule has 0 N–H and O–H groups in total. The van der Waals surface area contributed by atoms with Gasteiger partial charge in [-0.1, -0.05) is 0 Å². The Morgan fingerprint density at radius 1 is 1.30 bits per heavy atom. The van der Waals surface area contributed by atoms with Crippen LogP contribution in [0.1, 0.15) is 31.3 Å². The van der Waals surface area contributed by atoms with Crippen LogP contribution in [-0.2, 0) is 9.47 Å². The molecule has 2 heterocycles. The predicted molar refractivity (Wildman–Crippen MR) is 74.9 cm³/mol. The Hall–Kier alpha value is -1.76. The lowest BCUT2D eigenvalue weighted by atomic mass is 10.2. The molecule has 0 saturated heterocycles. The van der Waals surface area contributed by atoms with Gasteiger partial charge in [-0.3, -0.25) is 0 Å². The summed E-state index contributed by atoms with van der Waals surface area (Å²) in [6, 6.07) is 3.03. The van der Waals surface area contributed by atoms with Gasteiger partial charge in [-0.25, -0.2) is 14.2 Å². The van der Waals surface area contributed by atoms with E-state index in [-0.39, 0.29) is 5.69 Å². The minimum Gasteiger partial charge on any atom is -0.464 e. The Kier molecular flexibility index (Phi) is 3.64. The maximum atomic E-state index is 12.3. The highest BCUT2D eigenvalue weighted by Gasteiger charge is 2.27. The summed E-state index contributed by atoms with van der Waals surface area (Å²) >= 11 is 3.18. The van der Waals surface area contributed by atoms with Gasteiger partial charge in [0.25, 0.3) is 0 Å². The van der Waals surface area contributed by atoms with Gasteiger partial charge in [-0.15, -0.1) is 0 Å². The number of hydrogen-bond donors (Lipinski definition) is 0. The van der Waals surface area contributed by atoms with Crippen molar-refractivity contribution in [3.05, 3.63) is 22.5 Å². The second-order valence-corrected chi connectivity index (χ2v) is 5.92. The molecule has 0 spiro atoms. The fourth-order valence-corrected chi connectivity index (χ4v) is 2.11. The number of carbonyl (C=O) groups excluding carboxylic acids is 2. The molecule has 0 aliphatic heterocycles. The number of nitrogens with zero attached hydrogens (tertiary/aromatic N) is 1. The van der Waals surface area contributed by atoms with Gasteiger partial charge in [0, 0.05) is 12.1 Å². The van der Waals surface area contributed by atoms with Crippen molar-refractivity contribution in [2.45, 2.75) is 26.4 Å². The van der Waals surface area contributed by atoms with Crippen molar-refractivity contribution in [3.63, 3.8) is 0 Å². The van der Waals surface area contributed by atoms with Crippen LogP contribution in [0.25, 0.3) is 11.1 Å². The summed E-state index contributed by atoms with van der Waals surface area (Å²) in [4.78, 5) is 24.0. The van der Waals surface area contributed by atoms with Gasteiger partial charge in [-0.2, -0.15) is 0 Å². The number of furan rings is 1. The molecule has 0 amide bonds. The quantitative estimate of drug-likeness (QED) is 0.740. The van der Waals surface area contributed by atoms with E-state index in [1.54, 1.807) is 26.8 Å². The smallest absolute Gasteiger partial charge is 0.419 e. The molecule has 2 aromatic heterocycles. The minimum absolute atomic E-state index is 0.0583. The summed E-state index contributed by atoms with van der Waals surface area (Å²) in [5.41, 5.74) is 0.208. The molecule has 0 aliphatic carbocycles. The van der Waals surface area contributed by atoms with Crippen molar-refractivity contribution in [1.82, 2.24) is 4.57 Å². The molecular formula is C13H14BrNO5. The first-order valence-electron chi connectivity index (χ1n) is 5.85. The largest absolute Gasteiger partial charge is 0.464 e. The van der Waals surface area contributed by atoms with E-state index in [4.69, 9.17) is 9.15 Å². The first-order valence-corrected chi connectivity index (χ1v) is 6.64. The number of hydrogen-bond acceptors (Lipinski definition) is 5. The number of carbonyl (C=O) groups is 2. The van der Waals surface area contributed by atoms with E-state index in [0.717, 1.165) is 4.57 Å². The molecule has 20 heavy (non-hydrogen) atoms. The van der Waals surface area contributed by atoms with Crippen LogP contribution in [-0.4, -0.2) is 29.3 Å². The zero-order valence-corrected chi connectivity index (χ0v) is 13.1. The molecule has 6 nitrogen and oxygen atoms in total. The van der Waals surface area contributed by atoms with Crippen LogP contribution in [0, 0.1) is 0 Å². The van der Waals surface area contributed by atoms with Crippen LogP contribution in [0.5, 0.6) is 0 Å². The third kappa shape index (κ3) is 2.72. The fourth-order valence-electron chi connectivity index (χ4n) is 1.72. The molecule has 0 radical (unpaired) electrons. The first kappa shape index (κ1) is 14.6. The minimum atomic E-state index is -0.679. The highest BCUT2D eigenvalue weighted by Crippen LogP contribution is 2.28. The number of rotatable bonds is 1. The van der Waals surface area contributed by atoms with Crippen molar-refractivity contribution in [1.29, 1.82) is 0 Å². The topological polar surface area (TPSA) is 70.7 Å². The number of fused-ring (bicyclic) bond motifs is 1. The molecule has 0 atom stereocenters. The average molecular weight is 344 g/mol. The SMILES string of the molecule is COC(=O)c1cc2oc(Br)cc2n1C(=O)OC(C)(C)C. The molecule has 0 aromatic carbocycles. The van der Waals surface area contributed by atoms with Gasteiger partial charge < -0.3 is 13.9 Å². The van der Waals surface area contributed by atoms with Gasteiger partial charge in [0.15, 0.2) is 10.3 Å². The van der Waals surface area contributed by atoms with E-state index in [2.05, 4.69) is 20.7 Å². The van der Waals surface area contributed by atoms with Crippen molar-refractivity contribution in [2.75, 3.05) is 7.11 Å². The molecule has 0 fully saturated rings. The number of esters is 1. The van der Waals surface area contributed by atoms with Crippen LogP contribution < -0.4 is 0 Å². The molecule has 0 aliphatic rings.